The molecule has 126 valence electrons. The first-order valence-corrected chi connectivity index (χ1v) is 7.93. The van der Waals surface area contributed by atoms with Crippen molar-refractivity contribution in [3.05, 3.63) is 77.4 Å². The van der Waals surface area contributed by atoms with Crippen LogP contribution in [0.25, 0.3) is 10.8 Å². The molecular weight excluding hydrogens is 327 g/mol. The summed E-state index contributed by atoms with van der Waals surface area (Å²) in [5.41, 5.74) is 0.780. The Labute approximate surface area is 142 Å². The Morgan fingerprint density at radius 2 is 1.64 bits per heavy atom. The molecule has 4 rings (SSSR count). The highest BCUT2D eigenvalue weighted by atomic mass is 19.4. The molecule has 1 aliphatic heterocycles. The zero-order valence-corrected chi connectivity index (χ0v) is 13.1. The Kier molecular flexibility index (Phi) is 3.53. The fourth-order valence-electron chi connectivity index (χ4n) is 3.59. The van der Waals surface area contributed by atoms with Crippen molar-refractivity contribution in [3.8, 4) is 0 Å². The molecule has 1 aliphatic rings. The molecule has 0 saturated carbocycles. The Morgan fingerprint density at radius 3 is 2.44 bits per heavy atom. The molecular formula is C20H14F3NO. The van der Waals surface area contributed by atoms with Gasteiger partial charge >= 0.3 is 6.18 Å². The van der Waals surface area contributed by atoms with Crippen LogP contribution in [0.15, 0.2) is 60.7 Å². The SMILES string of the molecule is O=C1C[C@@H](c2ccccc2C(F)(F)F)c2c(ccc3ccccc23)N1. The number of carbonyl (C=O) groups is 1. The third kappa shape index (κ3) is 2.65. The van der Waals surface area contributed by atoms with Crippen LogP contribution in [-0.4, -0.2) is 5.91 Å². The maximum atomic E-state index is 13.5. The van der Waals surface area contributed by atoms with Gasteiger partial charge in [0.05, 0.1) is 5.56 Å². The number of hydrogen-bond donors (Lipinski definition) is 1. The molecule has 3 aromatic rings. The standard InChI is InChI=1S/C20H14F3NO/c21-20(22,23)16-8-4-3-7-14(16)15-11-18(25)24-17-10-9-12-5-1-2-6-13(12)19(15)17/h1-10,15H,11H2,(H,24,25)/t15-/m0/s1. The Morgan fingerprint density at radius 1 is 0.920 bits per heavy atom. The summed E-state index contributed by atoms with van der Waals surface area (Å²) in [5.74, 6) is -0.905. The van der Waals surface area contributed by atoms with Crippen LogP contribution in [0.3, 0.4) is 0 Å². The summed E-state index contributed by atoms with van der Waals surface area (Å²) in [4.78, 5) is 12.1. The largest absolute Gasteiger partial charge is 0.416 e. The molecule has 0 aromatic heterocycles. The molecule has 1 atom stereocenters. The topological polar surface area (TPSA) is 29.1 Å². The van der Waals surface area contributed by atoms with Crippen LogP contribution >= 0.6 is 0 Å². The number of nitrogens with one attached hydrogen (secondary N) is 1. The highest BCUT2D eigenvalue weighted by Crippen LogP contribution is 2.45. The van der Waals surface area contributed by atoms with Gasteiger partial charge in [0, 0.05) is 18.0 Å². The van der Waals surface area contributed by atoms with Crippen LogP contribution in [0.1, 0.15) is 29.0 Å². The molecule has 1 amide bonds. The second-order valence-corrected chi connectivity index (χ2v) is 6.14. The van der Waals surface area contributed by atoms with Gasteiger partial charge in [-0.3, -0.25) is 4.79 Å². The molecule has 0 unspecified atom stereocenters. The van der Waals surface area contributed by atoms with Crippen LogP contribution < -0.4 is 5.32 Å². The molecule has 25 heavy (non-hydrogen) atoms. The van der Waals surface area contributed by atoms with Crippen molar-refractivity contribution in [3.63, 3.8) is 0 Å². The second-order valence-electron chi connectivity index (χ2n) is 6.14. The average Bonchev–Trinajstić information content (AvgIpc) is 2.60. The maximum Gasteiger partial charge on any atom is 0.416 e. The fourth-order valence-corrected chi connectivity index (χ4v) is 3.59. The number of fused-ring (bicyclic) bond motifs is 3. The minimum atomic E-state index is -4.46. The van der Waals surface area contributed by atoms with Gasteiger partial charge in [-0.1, -0.05) is 48.5 Å². The fraction of sp³-hybridized carbons (Fsp3) is 0.150. The van der Waals surface area contributed by atoms with Gasteiger partial charge in [-0.05, 0) is 34.0 Å². The van der Waals surface area contributed by atoms with Gasteiger partial charge in [0.2, 0.25) is 5.91 Å². The first kappa shape index (κ1) is 15.7. The van der Waals surface area contributed by atoms with E-state index in [2.05, 4.69) is 5.32 Å². The van der Waals surface area contributed by atoms with Crippen molar-refractivity contribution in [1.82, 2.24) is 0 Å². The number of amides is 1. The van der Waals surface area contributed by atoms with E-state index in [0.717, 1.165) is 22.4 Å². The van der Waals surface area contributed by atoms with Crippen LogP contribution in [0, 0.1) is 0 Å². The van der Waals surface area contributed by atoms with Gasteiger partial charge in [0.1, 0.15) is 0 Å². The molecule has 5 heteroatoms. The predicted octanol–water partition coefficient (Wildman–Crippen LogP) is 5.33. The lowest BCUT2D eigenvalue weighted by molar-refractivity contribution is -0.138. The summed E-state index contributed by atoms with van der Waals surface area (Å²) in [6, 6.07) is 16.7. The van der Waals surface area contributed by atoms with Crippen molar-refractivity contribution in [1.29, 1.82) is 0 Å². The number of anilines is 1. The Hall–Kier alpha value is -2.82. The van der Waals surface area contributed by atoms with E-state index >= 15 is 0 Å². The molecule has 0 radical (unpaired) electrons. The first-order valence-electron chi connectivity index (χ1n) is 7.93. The average molecular weight is 341 g/mol. The van der Waals surface area contributed by atoms with Crippen molar-refractivity contribution >= 4 is 22.4 Å². The number of rotatable bonds is 1. The van der Waals surface area contributed by atoms with Crippen LogP contribution in [0.5, 0.6) is 0 Å². The molecule has 2 nitrogen and oxygen atoms in total. The molecule has 0 fully saturated rings. The molecule has 0 bridgehead atoms. The van der Waals surface area contributed by atoms with Crippen LogP contribution in [0.2, 0.25) is 0 Å². The van der Waals surface area contributed by atoms with E-state index in [9.17, 15) is 18.0 Å². The summed E-state index contributed by atoms with van der Waals surface area (Å²) in [5, 5.41) is 4.59. The van der Waals surface area contributed by atoms with E-state index in [1.165, 1.54) is 12.1 Å². The minimum absolute atomic E-state index is 0.00585. The van der Waals surface area contributed by atoms with Crippen molar-refractivity contribution in [2.45, 2.75) is 18.5 Å². The number of benzene rings is 3. The van der Waals surface area contributed by atoms with E-state index in [1.54, 1.807) is 12.1 Å². The highest BCUT2D eigenvalue weighted by Gasteiger charge is 2.38. The zero-order valence-electron chi connectivity index (χ0n) is 13.1. The summed E-state index contributed by atoms with van der Waals surface area (Å²) in [6.07, 6.45) is -4.47. The minimum Gasteiger partial charge on any atom is -0.326 e. The van der Waals surface area contributed by atoms with Crippen LogP contribution in [0.4, 0.5) is 18.9 Å². The molecule has 1 N–H and O–H groups in total. The lowest BCUT2D eigenvalue weighted by Gasteiger charge is -2.29. The van der Waals surface area contributed by atoms with Gasteiger partial charge in [-0.2, -0.15) is 13.2 Å². The highest BCUT2D eigenvalue weighted by molar-refractivity contribution is 6.01. The number of hydrogen-bond acceptors (Lipinski definition) is 1. The lowest BCUT2D eigenvalue weighted by Crippen LogP contribution is -2.25. The van der Waals surface area contributed by atoms with Crippen molar-refractivity contribution in [2.24, 2.45) is 0 Å². The number of halogens is 3. The van der Waals surface area contributed by atoms with Gasteiger partial charge in [0.15, 0.2) is 0 Å². The maximum absolute atomic E-state index is 13.5. The lowest BCUT2D eigenvalue weighted by atomic mass is 9.80. The predicted molar refractivity (Wildman–Crippen MR) is 90.5 cm³/mol. The molecule has 0 aliphatic carbocycles. The third-order valence-corrected chi connectivity index (χ3v) is 4.62. The summed E-state index contributed by atoms with van der Waals surface area (Å²) in [6.45, 7) is 0. The molecule has 0 spiro atoms. The Bertz CT molecular complexity index is 978. The molecule has 3 aromatic carbocycles. The van der Waals surface area contributed by atoms with Gasteiger partial charge < -0.3 is 5.32 Å². The van der Waals surface area contributed by atoms with Gasteiger partial charge in [-0.15, -0.1) is 0 Å². The van der Waals surface area contributed by atoms with Crippen molar-refractivity contribution < 1.29 is 18.0 Å². The van der Waals surface area contributed by atoms with Crippen molar-refractivity contribution in [2.75, 3.05) is 5.32 Å². The first-order chi connectivity index (χ1) is 11.9. The van der Waals surface area contributed by atoms with Crippen LogP contribution in [-0.2, 0) is 11.0 Å². The molecule has 0 saturated heterocycles. The zero-order chi connectivity index (χ0) is 17.6. The second kappa shape index (κ2) is 5.62. The summed E-state index contributed by atoms with van der Waals surface area (Å²) in [7, 11) is 0. The van der Waals surface area contributed by atoms with Gasteiger partial charge in [-0.25, -0.2) is 0 Å². The van der Waals surface area contributed by atoms with E-state index in [0.29, 0.717) is 5.69 Å². The third-order valence-electron chi connectivity index (χ3n) is 4.62. The summed E-state index contributed by atoms with van der Waals surface area (Å²) >= 11 is 0. The normalized spacial score (nSPS) is 17.2. The smallest absolute Gasteiger partial charge is 0.326 e. The van der Waals surface area contributed by atoms with E-state index in [4.69, 9.17) is 0 Å². The van der Waals surface area contributed by atoms with E-state index < -0.39 is 17.7 Å². The number of carbonyl (C=O) groups excluding carboxylic acids is 1. The summed E-state index contributed by atoms with van der Waals surface area (Å²) < 4.78 is 40.5. The number of alkyl halides is 3. The van der Waals surface area contributed by atoms with E-state index in [1.807, 2.05) is 30.3 Å². The molecule has 1 heterocycles. The monoisotopic (exact) mass is 341 g/mol. The quantitative estimate of drug-likeness (QED) is 0.636. The van der Waals surface area contributed by atoms with Gasteiger partial charge in [0.25, 0.3) is 0 Å². The van der Waals surface area contributed by atoms with E-state index in [-0.39, 0.29) is 17.9 Å². The Balaban J connectivity index is 2.00.